The van der Waals surface area contributed by atoms with Gasteiger partial charge in [0.25, 0.3) is 0 Å². The lowest BCUT2D eigenvalue weighted by atomic mass is 10.4. The summed E-state index contributed by atoms with van der Waals surface area (Å²) in [7, 11) is -0.755. The lowest BCUT2D eigenvalue weighted by molar-refractivity contribution is -0.0934. The first-order valence-corrected chi connectivity index (χ1v) is 5.53. The Morgan fingerprint density at radius 2 is 1.77 bits per heavy atom. The Morgan fingerprint density at radius 1 is 1.23 bits per heavy atom. The fourth-order valence-corrected chi connectivity index (χ4v) is 1.74. The van der Waals surface area contributed by atoms with Gasteiger partial charge >= 0.3 is 7.82 Å². The molecule has 7 heteroatoms. The molecule has 1 aliphatic rings. The predicted molar refractivity (Wildman–Crippen MR) is 47.2 cm³/mol. The van der Waals surface area contributed by atoms with Crippen molar-refractivity contribution in [3.8, 4) is 0 Å². The molecule has 1 fully saturated rings. The van der Waals surface area contributed by atoms with Crippen LogP contribution in [-0.2, 0) is 18.2 Å². The number of rotatable bonds is 4. The lowest BCUT2D eigenvalue weighted by Crippen LogP contribution is -2.42. The van der Waals surface area contributed by atoms with Crippen LogP contribution in [0.4, 0.5) is 0 Å². The summed E-state index contributed by atoms with van der Waals surface area (Å²) in [6, 6.07) is 0. The molecular weight excluding hydrogens is 195 g/mol. The maximum atomic E-state index is 11.5. The van der Waals surface area contributed by atoms with Crippen LogP contribution in [0.15, 0.2) is 0 Å². The second-order valence-electron chi connectivity index (χ2n) is 2.57. The van der Waals surface area contributed by atoms with E-state index in [0.717, 1.165) is 13.1 Å². The van der Waals surface area contributed by atoms with Crippen molar-refractivity contribution < 1.29 is 18.2 Å². The summed E-state index contributed by atoms with van der Waals surface area (Å²) in [5.74, 6) is 0. The van der Waals surface area contributed by atoms with Crippen LogP contribution in [0.2, 0.25) is 0 Å². The number of piperazine rings is 1. The fourth-order valence-electron chi connectivity index (χ4n) is 1.01. The number of nitrogens with zero attached hydrogens (tertiary/aromatic N) is 1. The van der Waals surface area contributed by atoms with E-state index in [4.69, 9.17) is 4.62 Å². The van der Waals surface area contributed by atoms with E-state index in [1.165, 1.54) is 14.2 Å². The maximum Gasteiger partial charge on any atom is 0.491 e. The zero-order valence-electron chi connectivity index (χ0n) is 7.86. The zero-order chi connectivity index (χ0) is 9.73. The summed E-state index contributed by atoms with van der Waals surface area (Å²) in [6.07, 6.45) is 0. The second kappa shape index (κ2) is 5.05. The summed E-state index contributed by atoms with van der Waals surface area (Å²) >= 11 is 0. The molecule has 0 aromatic carbocycles. The van der Waals surface area contributed by atoms with E-state index >= 15 is 0 Å². The number of hydroxylamine groups is 2. The van der Waals surface area contributed by atoms with Crippen molar-refractivity contribution >= 4 is 7.82 Å². The second-order valence-corrected chi connectivity index (χ2v) is 4.36. The highest BCUT2D eigenvalue weighted by Gasteiger charge is 2.27. The molecule has 1 rings (SSSR count). The first-order chi connectivity index (χ1) is 6.20. The molecule has 1 aliphatic heterocycles. The van der Waals surface area contributed by atoms with Crippen molar-refractivity contribution in [2.24, 2.45) is 0 Å². The largest absolute Gasteiger partial charge is 0.491 e. The highest BCUT2D eigenvalue weighted by molar-refractivity contribution is 7.48. The Balaban J connectivity index is 2.40. The van der Waals surface area contributed by atoms with Crippen LogP contribution in [-0.4, -0.2) is 45.5 Å². The van der Waals surface area contributed by atoms with Gasteiger partial charge in [-0.15, -0.1) is 0 Å². The molecule has 0 aromatic heterocycles. The minimum Gasteiger partial charge on any atom is -0.314 e. The molecule has 1 saturated heterocycles. The van der Waals surface area contributed by atoms with E-state index in [2.05, 4.69) is 14.4 Å². The average molecular weight is 210 g/mol. The summed E-state index contributed by atoms with van der Waals surface area (Å²) < 4.78 is 25.8. The van der Waals surface area contributed by atoms with Crippen molar-refractivity contribution in [1.29, 1.82) is 0 Å². The molecule has 0 atom stereocenters. The monoisotopic (exact) mass is 210 g/mol. The normalized spacial score (nSPS) is 20.5. The Kier molecular flexibility index (Phi) is 4.31. The number of hydrogen-bond donors (Lipinski definition) is 1. The van der Waals surface area contributed by atoms with Gasteiger partial charge in [0.1, 0.15) is 0 Å². The van der Waals surface area contributed by atoms with E-state index in [0.29, 0.717) is 13.1 Å². The van der Waals surface area contributed by atoms with E-state index in [1.54, 1.807) is 5.06 Å². The highest BCUT2D eigenvalue weighted by Crippen LogP contribution is 2.48. The molecule has 13 heavy (non-hydrogen) atoms. The third-order valence-electron chi connectivity index (χ3n) is 1.74. The van der Waals surface area contributed by atoms with Gasteiger partial charge in [0.15, 0.2) is 0 Å². The van der Waals surface area contributed by atoms with E-state index in [9.17, 15) is 4.57 Å². The minimum absolute atomic E-state index is 0.677. The SMILES string of the molecule is COP(=O)(OC)ON1CCNCC1. The predicted octanol–water partition coefficient (Wildman–Crippen LogP) is 0.224. The molecule has 6 nitrogen and oxygen atoms in total. The van der Waals surface area contributed by atoms with Crippen LogP contribution in [0.3, 0.4) is 0 Å². The highest BCUT2D eigenvalue weighted by atomic mass is 31.2. The Hall–Kier alpha value is 0.0300. The van der Waals surface area contributed by atoms with Crippen LogP contribution in [0.25, 0.3) is 0 Å². The minimum atomic E-state index is -3.35. The molecule has 0 radical (unpaired) electrons. The number of nitrogens with one attached hydrogen (secondary N) is 1. The van der Waals surface area contributed by atoms with Crippen LogP contribution >= 0.6 is 7.82 Å². The van der Waals surface area contributed by atoms with Gasteiger partial charge in [0.2, 0.25) is 0 Å². The zero-order valence-corrected chi connectivity index (χ0v) is 8.75. The van der Waals surface area contributed by atoms with E-state index in [-0.39, 0.29) is 0 Å². The maximum absolute atomic E-state index is 11.5. The molecule has 0 saturated carbocycles. The van der Waals surface area contributed by atoms with Gasteiger partial charge in [0.05, 0.1) is 0 Å². The van der Waals surface area contributed by atoms with Crippen LogP contribution < -0.4 is 5.32 Å². The molecule has 78 valence electrons. The van der Waals surface area contributed by atoms with Gasteiger partial charge in [-0.25, -0.2) is 4.57 Å². The molecule has 0 unspecified atom stereocenters. The molecule has 0 aliphatic carbocycles. The molecule has 0 spiro atoms. The number of phosphoric acid groups is 1. The van der Waals surface area contributed by atoms with Gasteiger partial charge in [-0.2, -0.15) is 9.69 Å². The molecular formula is C6H15N2O4P. The van der Waals surface area contributed by atoms with Gasteiger partial charge in [-0.1, -0.05) is 0 Å². The van der Waals surface area contributed by atoms with Crippen molar-refractivity contribution in [1.82, 2.24) is 10.4 Å². The van der Waals surface area contributed by atoms with E-state index < -0.39 is 7.82 Å². The van der Waals surface area contributed by atoms with Crippen LogP contribution in [0.5, 0.6) is 0 Å². The molecule has 0 amide bonds. The molecule has 1 heterocycles. The van der Waals surface area contributed by atoms with Crippen molar-refractivity contribution in [2.45, 2.75) is 0 Å². The fraction of sp³-hybridized carbons (Fsp3) is 1.00. The third-order valence-corrected chi connectivity index (χ3v) is 3.06. The Labute approximate surface area is 77.7 Å². The Bertz CT molecular complexity index is 187. The standard InChI is InChI=1S/C6H15N2O4P/c1-10-13(9,11-2)12-8-5-3-7-4-6-8/h7H,3-6H2,1-2H3. The van der Waals surface area contributed by atoms with Crippen molar-refractivity contribution in [3.05, 3.63) is 0 Å². The van der Waals surface area contributed by atoms with E-state index in [1.807, 2.05) is 0 Å². The first kappa shape index (κ1) is 11.1. The summed E-state index contributed by atoms with van der Waals surface area (Å²) in [4.78, 5) is 0. The summed E-state index contributed by atoms with van der Waals surface area (Å²) in [5, 5.41) is 4.73. The van der Waals surface area contributed by atoms with Gasteiger partial charge in [-0.05, 0) is 0 Å². The molecule has 0 aromatic rings. The smallest absolute Gasteiger partial charge is 0.314 e. The van der Waals surface area contributed by atoms with Crippen LogP contribution in [0.1, 0.15) is 0 Å². The quantitative estimate of drug-likeness (QED) is 0.670. The topological polar surface area (TPSA) is 60.0 Å². The average Bonchev–Trinajstić information content (AvgIpc) is 2.19. The summed E-state index contributed by atoms with van der Waals surface area (Å²) in [6.45, 7) is 2.98. The van der Waals surface area contributed by atoms with Gasteiger partial charge in [0, 0.05) is 40.4 Å². The summed E-state index contributed by atoms with van der Waals surface area (Å²) in [5.41, 5.74) is 0. The molecule has 1 N–H and O–H groups in total. The lowest BCUT2D eigenvalue weighted by Gasteiger charge is -2.27. The Morgan fingerprint density at radius 3 is 2.23 bits per heavy atom. The first-order valence-electron chi connectivity index (χ1n) is 4.07. The van der Waals surface area contributed by atoms with Crippen LogP contribution in [0, 0.1) is 0 Å². The number of hydrogen-bond acceptors (Lipinski definition) is 6. The van der Waals surface area contributed by atoms with Gasteiger partial charge in [-0.3, -0.25) is 9.05 Å². The molecule has 0 bridgehead atoms. The van der Waals surface area contributed by atoms with Crippen molar-refractivity contribution in [2.75, 3.05) is 40.4 Å². The van der Waals surface area contributed by atoms with Gasteiger partial charge < -0.3 is 5.32 Å². The number of phosphoric ester groups is 1. The third kappa shape index (κ3) is 3.34. The van der Waals surface area contributed by atoms with Crippen molar-refractivity contribution in [3.63, 3.8) is 0 Å².